The van der Waals surface area contributed by atoms with Crippen molar-refractivity contribution >= 4 is 17.1 Å². The first-order valence-electron chi connectivity index (χ1n) is 9.23. The van der Waals surface area contributed by atoms with E-state index in [0.29, 0.717) is 13.1 Å². The summed E-state index contributed by atoms with van der Waals surface area (Å²) in [5, 5.41) is 9.99. The number of piperidine rings is 1. The number of carbonyl (C=O) groups excluding carboxylic acids is 1. The second-order valence-electron chi connectivity index (χ2n) is 8.25. The first kappa shape index (κ1) is 18.7. The Hall–Kier alpha value is -2.08. The third-order valence-corrected chi connectivity index (χ3v) is 4.93. The Morgan fingerprint density at radius 1 is 1.35 bits per heavy atom. The van der Waals surface area contributed by atoms with E-state index in [1.807, 2.05) is 27.7 Å². The Kier molecular flexibility index (Phi) is 4.97. The maximum atomic E-state index is 12.4. The Balaban J connectivity index is 1.85. The smallest absolute Gasteiger partial charge is 0.410 e. The van der Waals surface area contributed by atoms with Crippen LogP contribution in [0.4, 0.5) is 4.79 Å². The zero-order valence-corrected chi connectivity index (χ0v) is 16.3. The molecule has 6 heteroatoms. The van der Waals surface area contributed by atoms with Crippen molar-refractivity contribution in [1.82, 2.24) is 14.5 Å². The minimum Gasteiger partial charge on any atom is -0.444 e. The van der Waals surface area contributed by atoms with Crippen LogP contribution in [0.1, 0.15) is 44.6 Å². The molecule has 0 bridgehead atoms. The summed E-state index contributed by atoms with van der Waals surface area (Å²) in [7, 11) is 0. The van der Waals surface area contributed by atoms with Gasteiger partial charge in [0.2, 0.25) is 0 Å². The van der Waals surface area contributed by atoms with Gasteiger partial charge in [-0.2, -0.15) is 0 Å². The molecular weight excluding hydrogens is 330 g/mol. The van der Waals surface area contributed by atoms with Gasteiger partial charge in [-0.3, -0.25) is 0 Å². The zero-order chi connectivity index (χ0) is 19.1. The van der Waals surface area contributed by atoms with Gasteiger partial charge in [0.15, 0.2) is 0 Å². The lowest BCUT2D eigenvalue weighted by atomic mass is 9.92. The molecule has 1 aliphatic heterocycles. The van der Waals surface area contributed by atoms with Crippen molar-refractivity contribution in [2.75, 3.05) is 19.7 Å². The van der Waals surface area contributed by atoms with Gasteiger partial charge >= 0.3 is 6.09 Å². The number of aromatic nitrogens is 2. The number of aryl methyl sites for hydroxylation is 2. The highest BCUT2D eigenvalue weighted by Crippen LogP contribution is 2.33. The zero-order valence-electron chi connectivity index (χ0n) is 16.3. The van der Waals surface area contributed by atoms with Crippen LogP contribution in [0.15, 0.2) is 18.2 Å². The van der Waals surface area contributed by atoms with Crippen molar-refractivity contribution in [2.24, 2.45) is 5.92 Å². The molecule has 0 radical (unpaired) electrons. The second-order valence-corrected chi connectivity index (χ2v) is 8.25. The lowest BCUT2D eigenvalue weighted by Gasteiger charge is -2.39. The Morgan fingerprint density at radius 3 is 2.73 bits per heavy atom. The van der Waals surface area contributed by atoms with Crippen molar-refractivity contribution in [2.45, 2.75) is 52.7 Å². The van der Waals surface area contributed by atoms with Crippen LogP contribution < -0.4 is 0 Å². The van der Waals surface area contributed by atoms with Crippen molar-refractivity contribution in [1.29, 1.82) is 0 Å². The second kappa shape index (κ2) is 6.91. The van der Waals surface area contributed by atoms with E-state index in [4.69, 9.17) is 9.72 Å². The predicted molar refractivity (Wildman–Crippen MR) is 101 cm³/mol. The van der Waals surface area contributed by atoms with Gasteiger partial charge in [0.1, 0.15) is 11.4 Å². The molecule has 1 amide bonds. The number of hydrogen-bond donors (Lipinski definition) is 1. The van der Waals surface area contributed by atoms with E-state index in [2.05, 4.69) is 29.7 Å². The molecule has 1 saturated heterocycles. The molecule has 2 atom stereocenters. The molecule has 0 spiro atoms. The largest absolute Gasteiger partial charge is 0.444 e. The summed E-state index contributed by atoms with van der Waals surface area (Å²) in [5.41, 5.74) is 2.73. The topological polar surface area (TPSA) is 67.6 Å². The average Bonchev–Trinajstić information content (AvgIpc) is 2.87. The fraction of sp³-hybridized carbons (Fsp3) is 0.600. The number of rotatable bonds is 2. The minimum absolute atomic E-state index is 0.0228. The SMILES string of the molecule is Cc1ccc2c(c1)nc(C)n2C1CCN(C(=O)OC(C)(C)C)CC1CO. The van der Waals surface area contributed by atoms with Crippen molar-refractivity contribution < 1.29 is 14.6 Å². The van der Waals surface area contributed by atoms with Crippen LogP contribution in [0.25, 0.3) is 11.0 Å². The van der Waals surface area contributed by atoms with Gasteiger partial charge < -0.3 is 19.3 Å². The van der Waals surface area contributed by atoms with E-state index in [9.17, 15) is 9.90 Å². The van der Waals surface area contributed by atoms with Gasteiger partial charge in [-0.25, -0.2) is 9.78 Å². The van der Waals surface area contributed by atoms with Crippen LogP contribution in [-0.2, 0) is 4.74 Å². The molecule has 2 unspecified atom stereocenters. The molecule has 1 aromatic carbocycles. The molecule has 2 aromatic rings. The van der Waals surface area contributed by atoms with Crippen LogP contribution in [0, 0.1) is 19.8 Å². The van der Waals surface area contributed by atoms with E-state index in [-0.39, 0.29) is 24.7 Å². The highest BCUT2D eigenvalue weighted by Gasteiger charge is 2.35. The molecule has 1 aliphatic rings. The Bertz CT molecular complexity index is 806. The number of imidazole rings is 1. The van der Waals surface area contributed by atoms with Gasteiger partial charge in [0.05, 0.1) is 11.0 Å². The molecule has 142 valence electrons. The summed E-state index contributed by atoms with van der Waals surface area (Å²) in [4.78, 5) is 18.8. The van der Waals surface area contributed by atoms with Crippen molar-refractivity contribution in [3.8, 4) is 0 Å². The van der Waals surface area contributed by atoms with Crippen LogP contribution in [0.2, 0.25) is 0 Å². The highest BCUT2D eigenvalue weighted by atomic mass is 16.6. The molecule has 26 heavy (non-hydrogen) atoms. The lowest BCUT2D eigenvalue weighted by Crippen LogP contribution is -2.47. The first-order chi connectivity index (χ1) is 12.2. The third kappa shape index (κ3) is 3.70. The number of amides is 1. The Morgan fingerprint density at radius 2 is 2.08 bits per heavy atom. The number of ether oxygens (including phenoxy) is 1. The Labute approximate surface area is 154 Å². The number of aliphatic hydroxyl groups is 1. The van der Waals surface area contributed by atoms with Crippen molar-refractivity contribution in [3.05, 3.63) is 29.6 Å². The van der Waals surface area contributed by atoms with Crippen LogP contribution in [-0.4, -0.2) is 50.9 Å². The molecule has 1 fully saturated rings. The van der Waals surface area contributed by atoms with E-state index < -0.39 is 5.60 Å². The number of likely N-dealkylation sites (tertiary alicyclic amines) is 1. The molecule has 1 aromatic heterocycles. The van der Waals surface area contributed by atoms with E-state index >= 15 is 0 Å². The fourth-order valence-electron chi connectivity index (χ4n) is 3.78. The van der Waals surface area contributed by atoms with Gasteiger partial charge in [-0.15, -0.1) is 0 Å². The van der Waals surface area contributed by atoms with Crippen molar-refractivity contribution in [3.63, 3.8) is 0 Å². The molecule has 1 N–H and O–H groups in total. The summed E-state index contributed by atoms with van der Waals surface area (Å²) < 4.78 is 7.71. The van der Waals surface area contributed by atoms with Gasteiger partial charge in [0.25, 0.3) is 0 Å². The molecule has 0 saturated carbocycles. The quantitative estimate of drug-likeness (QED) is 0.892. The van der Waals surface area contributed by atoms with Crippen LogP contribution >= 0.6 is 0 Å². The van der Waals surface area contributed by atoms with Gasteiger partial charge in [-0.1, -0.05) is 6.07 Å². The molecule has 6 nitrogen and oxygen atoms in total. The molecular formula is C20H29N3O3. The standard InChI is InChI=1S/C20H29N3O3/c1-13-6-7-18-16(10-13)21-14(2)23(18)17-8-9-22(11-15(17)12-24)19(25)26-20(3,4)5/h6-7,10,15,17,24H,8-9,11-12H2,1-5H3. The number of benzene rings is 1. The predicted octanol–water partition coefficient (Wildman–Crippen LogP) is 3.44. The monoisotopic (exact) mass is 359 g/mol. The maximum absolute atomic E-state index is 12.4. The summed E-state index contributed by atoms with van der Waals surface area (Å²) in [5.74, 6) is 0.897. The van der Waals surface area contributed by atoms with Crippen LogP contribution in [0.3, 0.4) is 0 Å². The summed E-state index contributed by atoms with van der Waals surface area (Å²) in [6.07, 6.45) is 0.460. The van der Waals surface area contributed by atoms with E-state index in [0.717, 1.165) is 23.3 Å². The molecule has 2 heterocycles. The number of nitrogens with zero attached hydrogens (tertiary/aromatic N) is 3. The van der Waals surface area contributed by atoms with E-state index in [1.54, 1.807) is 4.90 Å². The lowest BCUT2D eigenvalue weighted by molar-refractivity contribution is 0.00565. The molecule has 3 rings (SSSR count). The van der Waals surface area contributed by atoms with Crippen LogP contribution in [0.5, 0.6) is 0 Å². The summed E-state index contributed by atoms with van der Waals surface area (Å²) >= 11 is 0. The summed E-state index contributed by atoms with van der Waals surface area (Å²) in [6, 6.07) is 6.39. The highest BCUT2D eigenvalue weighted by molar-refractivity contribution is 5.77. The van der Waals surface area contributed by atoms with Gasteiger partial charge in [-0.05, 0) is 58.7 Å². The number of hydrogen-bond acceptors (Lipinski definition) is 4. The number of fused-ring (bicyclic) bond motifs is 1. The minimum atomic E-state index is -0.516. The average molecular weight is 359 g/mol. The number of carbonyl (C=O) groups is 1. The summed E-state index contributed by atoms with van der Waals surface area (Å²) in [6.45, 7) is 10.8. The number of aliphatic hydroxyl groups excluding tert-OH is 1. The normalized spacial score (nSPS) is 21.2. The molecule has 0 aliphatic carbocycles. The maximum Gasteiger partial charge on any atom is 0.410 e. The van der Waals surface area contributed by atoms with E-state index in [1.165, 1.54) is 5.56 Å². The van der Waals surface area contributed by atoms with Gasteiger partial charge in [0, 0.05) is 31.7 Å². The fourth-order valence-corrected chi connectivity index (χ4v) is 3.78. The first-order valence-corrected chi connectivity index (χ1v) is 9.23. The third-order valence-electron chi connectivity index (χ3n) is 4.93.